The van der Waals surface area contributed by atoms with Crippen molar-refractivity contribution in [2.45, 2.75) is 31.1 Å². The van der Waals surface area contributed by atoms with E-state index in [0.717, 1.165) is 11.3 Å². The van der Waals surface area contributed by atoms with E-state index in [1.54, 1.807) is 6.26 Å². The van der Waals surface area contributed by atoms with Crippen molar-refractivity contribution >= 4 is 11.9 Å². The highest BCUT2D eigenvalue weighted by Crippen LogP contribution is 2.37. The Bertz CT molecular complexity index is 701. The molecule has 0 spiro atoms. The Kier molecular flexibility index (Phi) is 5.22. The number of amides is 1. The number of methoxy groups -OCH3 is 1. The summed E-state index contributed by atoms with van der Waals surface area (Å²) in [7, 11) is 1.42. The molecule has 1 amide bonds. The standard InChI is InChI=1S/C20H23NO4/c1-24-19(23)20(16-6-3-2-4-7-16)11-13-21(14-12-20)18(22)10-9-17-8-5-15-25-17/h2-8,15H,9-14H2,1H3. The van der Waals surface area contributed by atoms with E-state index in [1.165, 1.54) is 7.11 Å². The lowest BCUT2D eigenvalue weighted by atomic mass is 9.72. The van der Waals surface area contributed by atoms with Crippen LogP contribution in [0.5, 0.6) is 0 Å². The van der Waals surface area contributed by atoms with Gasteiger partial charge in [0.15, 0.2) is 0 Å². The molecule has 5 heteroatoms. The van der Waals surface area contributed by atoms with Gasteiger partial charge < -0.3 is 14.1 Å². The second-order valence-electron chi connectivity index (χ2n) is 6.40. The number of benzene rings is 1. The van der Waals surface area contributed by atoms with Crippen LogP contribution in [-0.2, 0) is 26.2 Å². The summed E-state index contributed by atoms with van der Waals surface area (Å²) in [4.78, 5) is 26.8. The molecular weight excluding hydrogens is 318 g/mol. The van der Waals surface area contributed by atoms with Crippen LogP contribution in [0.15, 0.2) is 53.1 Å². The van der Waals surface area contributed by atoms with Gasteiger partial charge in [0.1, 0.15) is 5.76 Å². The Balaban J connectivity index is 1.65. The maximum atomic E-state index is 12.5. The third-order valence-electron chi connectivity index (χ3n) is 5.04. The van der Waals surface area contributed by atoms with Gasteiger partial charge in [-0.05, 0) is 30.5 Å². The molecule has 1 aliphatic heterocycles. The molecule has 0 N–H and O–H groups in total. The number of ether oxygens (including phenoxy) is 1. The van der Waals surface area contributed by atoms with Crippen molar-refractivity contribution in [3.8, 4) is 0 Å². The van der Waals surface area contributed by atoms with Crippen LogP contribution in [-0.4, -0.2) is 37.0 Å². The van der Waals surface area contributed by atoms with E-state index in [1.807, 2.05) is 47.4 Å². The highest BCUT2D eigenvalue weighted by atomic mass is 16.5. The van der Waals surface area contributed by atoms with E-state index in [2.05, 4.69) is 0 Å². The van der Waals surface area contributed by atoms with E-state index < -0.39 is 5.41 Å². The van der Waals surface area contributed by atoms with Crippen molar-refractivity contribution < 1.29 is 18.7 Å². The fraction of sp³-hybridized carbons (Fsp3) is 0.400. The zero-order chi connectivity index (χ0) is 17.7. The van der Waals surface area contributed by atoms with E-state index in [-0.39, 0.29) is 11.9 Å². The topological polar surface area (TPSA) is 59.8 Å². The molecular formula is C20H23NO4. The minimum absolute atomic E-state index is 0.0999. The monoisotopic (exact) mass is 341 g/mol. The van der Waals surface area contributed by atoms with Crippen LogP contribution >= 0.6 is 0 Å². The first kappa shape index (κ1) is 17.3. The van der Waals surface area contributed by atoms with Gasteiger partial charge in [0.2, 0.25) is 5.91 Å². The molecule has 2 aromatic rings. The average Bonchev–Trinajstić information content (AvgIpc) is 3.20. The molecule has 0 atom stereocenters. The summed E-state index contributed by atoms with van der Waals surface area (Å²) in [5, 5.41) is 0. The van der Waals surface area contributed by atoms with E-state index >= 15 is 0 Å². The molecule has 0 bridgehead atoms. The zero-order valence-corrected chi connectivity index (χ0v) is 14.4. The van der Waals surface area contributed by atoms with Gasteiger partial charge in [0, 0.05) is 25.9 Å². The SMILES string of the molecule is COC(=O)C1(c2ccccc2)CCN(C(=O)CCc2ccco2)CC1. The molecule has 2 heterocycles. The predicted molar refractivity (Wildman–Crippen MR) is 93.0 cm³/mol. The first-order chi connectivity index (χ1) is 12.2. The molecule has 0 radical (unpaired) electrons. The van der Waals surface area contributed by atoms with E-state index in [0.29, 0.717) is 38.8 Å². The number of piperidine rings is 1. The second kappa shape index (κ2) is 7.55. The van der Waals surface area contributed by atoms with Crippen LogP contribution < -0.4 is 0 Å². The maximum Gasteiger partial charge on any atom is 0.316 e. The summed E-state index contributed by atoms with van der Waals surface area (Å²) in [6.45, 7) is 1.11. The number of hydrogen-bond acceptors (Lipinski definition) is 4. The van der Waals surface area contributed by atoms with E-state index in [4.69, 9.17) is 9.15 Å². The number of hydrogen-bond donors (Lipinski definition) is 0. The number of aryl methyl sites for hydroxylation is 1. The molecule has 5 nitrogen and oxygen atoms in total. The predicted octanol–water partition coefficient (Wildman–Crippen LogP) is 2.95. The molecule has 3 rings (SSSR count). The summed E-state index contributed by atoms with van der Waals surface area (Å²) < 4.78 is 10.4. The number of carbonyl (C=O) groups is 2. The summed E-state index contributed by atoms with van der Waals surface area (Å²) in [6.07, 6.45) is 3.80. The third-order valence-corrected chi connectivity index (χ3v) is 5.04. The van der Waals surface area contributed by atoms with Crippen LogP contribution in [0, 0.1) is 0 Å². The Morgan fingerprint density at radius 3 is 2.44 bits per heavy atom. The number of carbonyl (C=O) groups excluding carboxylic acids is 2. The molecule has 1 fully saturated rings. The molecule has 25 heavy (non-hydrogen) atoms. The molecule has 1 aromatic heterocycles. The van der Waals surface area contributed by atoms with Gasteiger partial charge >= 0.3 is 5.97 Å². The Morgan fingerprint density at radius 2 is 1.84 bits per heavy atom. The van der Waals surface area contributed by atoms with Crippen molar-refractivity contribution in [3.63, 3.8) is 0 Å². The van der Waals surface area contributed by atoms with Crippen molar-refractivity contribution in [2.75, 3.05) is 20.2 Å². The van der Waals surface area contributed by atoms with Gasteiger partial charge in [0.05, 0.1) is 18.8 Å². The number of furan rings is 1. The molecule has 1 aliphatic rings. The largest absolute Gasteiger partial charge is 0.469 e. The van der Waals surface area contributed by atoms with E-state index in [9.17, 15) is 9.59 Å². The Labute approximate surface area is 147 Å². The number of rotatable bonds is 5. The van der Waals surface area contributed by atoms with Gasteiger partial charge in [0.25, 0.3) is 0 Å². The lowest BCUT2D eigenvalue weighted by Crippen LogP contribution is -2.49. The lowest BCUT2D eigenvalue weighted by Gasteiger charge is -2.40. The van der Waals surface area contributed by atoms with Crippen LogP contribution in [0.2, 0.25) is 0 Å². The fourth-order valence-electron chi connectivity index (χ4n) is 3.54. The highest BCUT2D eigenvalue weighted by Gasteiger charge is 2.44. The van der Waals surface area contributed by atoms with Crippen molar-refractivity contribution in [1.82, 2.24) is 4.90 Å². The first-order valence-electron chi connectivity index (χ1n) is 8.60. The van der Waals surface area contributed by atoms with Crippen molar-refractivity contribution in [2.24, 2.45) is 0 Å². The molecule has 0 saturated carbocycles. The fourth-order valence-corrected chi connectivity index (χ4v) is 3.54. The van der Waals surface area contributed by atoms with Crippen LogP contribution in [0.1, 0.15) is 30.6 Å². The first-order valence-corrected chi connectivity index (χ1v) is 8.60. The maximum absolute atomic E-state index is 12.5. The highest BCUT2D eigenvalue weighted by molar-refractivity contribution is 5.84. The van der Waals surface area contributed by atoms with Crippen molar-refractivity contribution in [1.29, 1.82) is 0 Å². The minimum atomic E-state index is -0.659. The normalized spacial score (nSPS) is 16.4. The van der Waals surface area contributed by atoms with Gasteiger partial charge in [-0.3, -0.25) is 9.59 Å². The summed E-state index contributed by atoms with van der Waals surface area (Å²) in [5.41, 5.74) is 0.304. The average molecular weight is 341 g/mol. The lowest BCUT2D eigenvalue weighted by molar-refractivity contribution is -0.151. The van der Waals surface area contributed by atoms with Gasteiger partial charge in [-0.25, -0.2) is 0 Å². The molecule has 1 saturated heterocycles. The van der Waals surface area contributed by atoms with Crippen LogP contribution in [0.25, 0.3) is 0 Å². The molecule has 0 aliphatic carbocycles. The second-order valence-corrected chi connectivity index (χ2v) is 6.40. The number of nitrogens with zero attached hydrogens (tertiary/aromatic N) is 1. The molecule has 132 valence electrons. The minimum Gasteiger partial charge on any atom is -0.469 e. The quantitative estimate of drug-likeness (QED) is 0.785. The van der Waals surface area contributed by atoms with Gasteiger partial charge in [-0.2, -0.15) is 0 Å². The van der Waals surface area contributed by atoms with Gasteiger partial charge in [-0.15, -0.1) is 0 Å². The molecule has 0 unspecified atom stereocenters. The molecule has 1 aromatic carbocycles. The Morgan fingerprint density at radius 1 is 1.12 bits per heavy atom. The smallest absolute Gasteiger partial charge is 0.316 e. The zero-order valence-electron chi connectivity index (χ0n) is 14.4. The third kappa shape index (κ3) is 3.60. The Hall–Kier alpha value is -2.56. The van der Waals surface area contributed by atoms with Crippen LogP contribution in [0.4, 0.5) is 0 Å². The van der Waals surface area contributed by atoms with Gasteiger partial charge in [-0.1, -0.05) is 30.3 Å². The summed E-state index contributed by atoms with van der Waals surface area (Å²) >= 11 is 0. The number of likely N-dealkylation sites (tertiary alicyclic amines) is 1. The van der Waals surface area contributed by atoms with Crippen LogP contribution in [0.3, 0.4) is 0 Å². The summed E-state index contributed by atoms with van der Waals surface area (Å²) in [6, 6.07) is 13.4. The summed E-state index contributed by atoms with van der Waals surface area (Å²) in [5.74, 6) is 0.697. The van der Waals surface area contributed by atoms with Crippen molar-refractivity contribution in [3.05, 3.63) is 60.1 Å². The number of esters is 1.